The smallest absolute Gasteiger partial charge is 0.0711 e. The highest BCUT2D eigenvalue weighted by Crippen LogP contribution is 2.57. The van der Waals surface area contributed by atoms with Crippen LogP contribution in [0.25, 0.3) is 0 Å². The van der Waals surface area contributed by atoms with Gasteiger partial charge in [-0.2, -0.15) is 0 Å². The predicted molar refractivity (Wildman–Crippen MR) is 79.7 cm³/mol. The summed E-state index contributed by atoms with van der Waals surface area (Å²) in [6, 6.07) is 12.3. The molecule has 98 valence electrons. The van der Waals surface area contributed by atoms with E-state index in [0.717, 1.165) is 13.1 Å². The Morgan fingerprint density at radius 3 is 2.53 bits per heavy atom. The minimum Gasteiger partial charge on any atom is -0.308 e. The van der Waals surface area contributed by atoms with Gasteiger partial charge in [-0.05, 0) is 42.2 Å². The third kappa shape index (κ3) is 1.55. The fourth-order valence-corrected chi connectivity index (χ4v) is 4.57. The highest BCUT2D eigenvalue weighted by molar-refractivity contribution is 7.10. The Hall–Kier alpha value is -1.16. The fraction of sp³-hybridized carbons (Fsp3) is 0.375. The quantitative estimate of drug-likeness (QED) is 0.845. The Morgan fingerprint density at radius 1 is 1.05 bits per heavy atom. The molecule has 0 saturated carbocycles. The van der Waals surface area contributed by atoms with Crippen molar-refractivity contribution in [1.29, 1.82) is 0 Å². The first-order valence-corrected chi connectivity index (χ1v) is 7.72. The molecule has 1 aromatic carbocycles. The van der Waals surface area contributed by atoms with E-state index in [-0.39, 0.29) is 0 Å². The third-order valence-electron chi connectivity index (χ3n) is 4.32. The maximum absolute atomic E-state index is 2.67. The van der Waals surface area contributed by atoms with Crippen LogP contribution >= 0.6 is 11.3 Å². The number of rotatable bonds is 3. The number of fused-ring (bicyclic) bond motifs is 8. The molecule has 1 aromatic heterocycles. The second kappa shape index (κ2) is 4.17. The molecule has 0 radical (unpaired) electrons. The van der Waals surface area contributed by atoms with E-state index in [1.807, 2.05) is 11.3 Å². The van der Waals surface area contributed by atoms with Crippen molar-refractivity contribution in [3.63, 3.8) is 0 Å². The minimum atomic E-state index is 0.502. The van der Waals surface area contributed by atoms with E-state index in [1.54, 1.807) is 10.4 Å². The summed E-state index contributed by atoms with van der Waals surface area (Å²) >= 11 is 1.92. The molecule has 2 aliphatic heterocycles. The Balaban J connectivity index is 1.76. The van der Waals surface area contributed by atoms with Crippen LogP contribution in [0.15, 0.2) is 35.7 Å². The maximum atomic E-state index is 2.67. The first-order chi connectivity index (χ1) is 9.27. The second-order valence-electron chi connectivity index (χ2n) is 5.72. The molecule has 0 saturated heterocycles. The highest BCUT2D eigenvalue weighted by atomic mass is 32.1. The Bertz CT molecular complexity index is 571. The molecule has 2 aliphatic rings. The minimum absolute atomic E-state index is 0.502. The Kier molecular flexibility index (Phi) is 2.56. The van der Waals surface area contributed by atoms with Crippen LogP contribution in [0.1, 0.15) is 33.7 Å². The predicted octanol–water partition coefficient (Wildman–Crippen LogP) is 3.12. The Morgan fingerprint density at radius 2 is 1.79 bits per heavy atom. The summed E-state index contributed by atoms with van der Waals surface area (Å²) in [5, 5.41) is 2.25. The van der Waals surface area contributed by atoms with Crippen LogP contribution < -0.4 is 0 Å². The van der Waals surface area contributed by atoms with E-state index in [0.29, 0.717) is 12.1 Å². The molecule has 3 heteroatoms. The Labute approximate surface area is 118 Å². The largest absolute Gasteiger partial charge is 0.308 e. The number of likely N-dealkylation sites (N-methyl/N-ethyl adjacent to an activating group) is 1. The van der Waals surface area contributed by atoms with Crippen LogP contribution in [0.2, 0.25) is 0 Å². The normalized spacial score (nSPS) is 23.9. The molecule has 0 amide bonds. The van der Waals surface area contributed by atoms with Gasteiger partial charge in [0.05, 0.1) is 12.1 Å². The van der Waals surface area contributed by atoms with Crippen molar-refractivity contribution in [2.45, 2.75) is 12.1 Å². The topological polar surface area (TPSA) is 6.48 Å². The lowest BCUT2D eigenvalue weighted by Crippen LogP contribution is -2.30. The standard InChI is InChI=1S/C16H18N2S/c1-17(2)8-9-18-14-11-5-3-4-6-12(11)15(18)16-13(14)7-10-19-16/h3-7,10,14-15H,8-9H2,1-2H3. The lowest BCUT2D eigenvalue weighted by atomic mass is 9.91. The van der Waals surface area contributed by atoms with Crippen LogP contribution in [0.3, 0.4) is 0 Å². The number of hydrogen-bond donors (Lipinski definition) is 0. The molecule has 2 atom stereocenters. The lowest BCUT2D eigenvalue weighted by molar-refractivity contribution is 0.211. The van der Waals surface area contributed by atoms with Crippen molar-refractivity contribution < 1.29 is 0 Å². The van der Waals surface area contributed by atoms with Crippen molar-refractivity contribution in [3.05, 3.63) is 57.3 Å². The van der Waals surface area contributed by atoms with E-state index in [4.69, 9.17) is 0 Å². The molecule has 2 bridgehead atoms. The monoisotopic (exact) mass is 270 g/mol. The van der Waals surface area contributed by atoms with Crippen LogP contribution in [0.5, 0.6) is 0 Å². The maximum Gasteiger partial charge on any atom is 0.0711 e. The van der Waals surface area contributed by atoms with Crippen LogP contribution in [0, 0.1) is 0 Å². The average Bonchev–Trinajstić information content (AvgIpc) is 3.05. The summed E-state index contributed by atoms with van der Waals surface area (Å²) in [4.78, 5) is 6.52. The van der Waals surface area contributed by atoms with Crippen molar-refractivity contribution in [3.8, 4) is 0 Å². The van der Waals surface area contributed by atoms with E-state index in [9.17, 15) is 0 Å². The van der Waals surface area contributed by atoms with Crippen molar-refractivity contribution in [1.82, 2.24) is 9.80 Å². The molecular weight excluding hydrogens is 252 g/mol. The van der Waals surface area contributed by atoms with Crippen molar-refractivity contribution in [2.75, 3.05) is 27.2 Å². The summed E-state index contributed by atoms with van der Waals surface area (Å²) in [6.45, 7) is 2.26. The number of thiophene rings is 1. The molecule has 2 nitrogen and oxygen atoms in total. The van der Waals surface area contributed by atoms with E-state index in [1.165, 1.54) is 11.1 Å². The van der Waals surface area contributed by atoms with Crippen LogP contribution in [-0.2, 0) is 0 Å². The number of benzene rings is 1. The number of hydrogen-bond acceptors (Lipinski definition) is 3. The van der Waals surface area contributed by atoms with Crippen molar-refractivity contribution >= 4 is 11.3 Å². The molecule has 0 spiro atoms. The molecular formula is C16H18N2S. The molecule has 19 heavy (non-hydrogen) atoms. The van der Waals surface area contributed by atoms with Crippen LogP contribution in [-0.4, -0.2) is 37.0 Å². The van der Waals surface area contributed by atoms with Gasteiger partial charge in [0.25, 0.3) is 0 Å². The van der Waals surface area contributed by atoms with Gasteiger partial charge < -0.3 is 4.90 Å². The first kappa shape index (κ1) is 11.6. The van der Waals surface area contributed by atoms with Gasteiger partial charge in [0.1, 0.15) is 0 Å². The fourth-order valence-electron chi connectivity index (χ4n) is 3.51. The molecule has 2 unspecified atom stereocenters. The van der Waals surface area contributed by atoms with Gasteiger partial charge in [0.15, 0.2) is 0 Å². The van der Waals surface area contributed by atoms with Crippen molar-refractivity contribution in [2.24, 2.45) is 0 Å². The van der Waals surface area contributed by atoms with Gasteiger partial charge in [0, 0.05) is 18.0 Å². The average molecular weight is 270 g/mol. The van der Waals surface area contributed by atoms with E-state index >= 15 is 0 Å². The highest BCUT2D eigenvalue weighted by Gasteiger charge is 2.47. The van der Waals surface area contributed by atoms with Gasteiger partial charge in [-0.15, -0.1) is 11.3 Å². The zero-order chi connectivity index (χ0) is 13.0. The molecule has 4 rings (SSSR count). The molecule has 3 heterocycles. The SMILES string of the molecule is CN(C)CCN1C2c3ccccc3C1c1sccc12. The van der Waals surface area contributed by atoms with Crippen LogP contribution in [0.4, 0.5) is 0 Å². The molecule has 2 aromatic rings. The van der Waals surface area contributed by atoms with Gasteiger partial charge >= 0.3 is 0 Å². The van der Waals surface area contributed by atoms with E-state index in [2.05, 4.69) is 59.6 Å². The van der Waals surface area contributed by atoms with Gasteiger partial charge in [-0.1, -0.05) is 24.3 Å². The lowest BCUT2D eigenvalue weighted by Gasteiger charge is -2.24. The summed E-state index contributed by atoms with van der Waals surface area (Å²) in [6.07, 6.45) is 0. The first-order valence-electron chi connectivity index (χ1n) is 6.84. The van der Waals surface area contributed by atoms with Gasteiger partial charge in [-0.25, -0.2) is 0 Å². The molecule has 0 aliphatic carbocycles. The summed E-state index contributed by atoms with van der Waals surface area (Å²) in [5.41, 5.74) is 4.60. The zero-order valence-corrected chi connectivity index (χ0v) is 12.2. The number of nitrogens with zero attached hydrogens (tertiary/aromatic N) is 2. The summed E-state index contributed by atoms with van der Waals surface area (Å²) < 4.78 is 0. The second-order valence-corrected chi connectivity index (χ2v) is 6.66. The third-order valence-corrected chi connectivity index (χ3v) is 5.31. The molecule has 0 N–H and O–H groups in total. The van der Waals surface area contributed by atoms with Gasteiger partial charge in [0.2, 0.25) is 0 Å². The summed E-state index contributed by atoms with van der Waals surface area (Å²) in [7, 11) is 4.31. The summed E-state index contributed by atoms with van der Waals surface area (Å²) in [5.74, 6) is 0. The van der Waals surface area contributed by atoms with E-state index < -0.39 is 0 Å². The molecule has 0 fully saturated rings. The van der Waals surface area contributed by atoms with Gasteiger partial charge in [-0.3, -0.25) is 4.90 Å². The zero-order valence-electron chi connectivity index (χ0n) is 11.3.